The van der Waals surface area contributed by atoms with Crippen molar-refractivity contribution in [2.45, 2.75) is 37.4 Å². The van der Waals surface area contributed by atoms with E-state index in [1.54, 1.807) is 24.3 Å². The molecular weight excluding hydrogens is 448 g/mol. The Bertz CT molecular complexity index is 1480. The third-order valence-electron chi connectivity index (χ3n) is 7.53. The minimum atomic E-state index is -1.57. The molecule has 1 amide bonds. The summed E-state index contributed by atoms with van der Waals surface area (Å²) >= 11 is 0. The Kier molecular flexibility index (Phi) is 5.26. The zero-order chi connectivity index (χ0) is 25.0. The van der Waals surface area contributed by atoms with Crippen LogP contribution in [0.4, 0.5) is 0 Å². The lowest BCUT2D eigenvalue weighted by atomic mass is 9.75. The molecule has 36 heavy (non-hydrogen) atoms. The van der Waals surface area contributed by atoms with Gasteiger partial charge in [0, 0.05) is 22.3 Å². The second kappa shape index (κ2) is 8.38. The molecule has 3 aromatic rings. The number of nitrogens with two attached hydrogens (primary N) is 3. The van der Waals surface area contributed by atoms with E-state index in [1.807, 2.05) is 42.5 Å². The molecule has 7 N–H and O–H groups in total. The van der Waals surface area contributed by atoms with Crippen LogP contribution in [0.15, 0.2) is 78.4 Å². The van der Waals surface area contributed by atoms with Crippen LogP contribution in [-0.4, -0.2) is 11.7 Å². The number of carbonyl (C=O) groups is 2. The molecule has 0 heterocycles. The van der Waals surface area contributed by atoms with Crippen LogP contribution < -0.4 is 22.5 Å². The van der Waals surface area contributed by atoms with Crippen LogP contribution in [0.2, 0.25) is 0 Å². The Balaban J connectivity index is 1.51. The number of hydrogen-bond donors (Lipinski definition) is 4. The molecule has 1 unspecified atom stereocenters. The molecular formula is C30H28N4O2. The zero-order valence-corrected chi connectivity index (χ0v) is 19.9. The summed E-state index contributed by atoms with van der Waals surface area (Å²) in [5.41, 5.74) is 25.9. The highest BCUT2D eigenvalue weighted by molar-refractivity contribution is 6.34. The number of carbonyl (C=O) groups excluding carboxylic acids is 2. The summed E-state index contributed by atoms with van der Waals surface area (Å²) < 4.78 is 0. The Morgan fingerprint density at radius 2 is 1.58 bits per heavy atom. The Morgan fingerprint density at radius 1 is 0.861 bits per heavy atom. The van der Waals surface area contributed by atoms with E-state index < -0.39 is 5.79 Å². The van der Waals surface area contributed by atoms with Gasteiger partial charge in [-0.05, 0) is 60.1 Å². The van der Waals surface area contributed by atoms with Gasteiger partial charge in [0.05, 0.1) is 11.6 Å². The van der Waals surface area contributed by atoms with Crippen LogP contribution in [0.5, 0.6) is 0 Å². The summed E-state index contributed by atoms with van der Waals surface area (Å²) in [6.45, 7) is 0. The van der Waals surface area contributed by atoms with Crippen LogP contribution in [0.1, 0.15) is 69.8 Å². The molecule has 3 aliphatic rings. The van der Waals surface area contributed by atoms with Gasteiger partial charge < -0.3 is 5.32 Å². The molecule has 0 bridgehead atoms. The van der Waals surface area contributed by atoms with Gasteiger partial charge >= 0.3 is 0 Å². The standard InChI is InChI=1S/C30H28N4O2/c31-30(32,33)19-11-6-10-18(16-19)29(36)34-27-23-15-7-14-21-20-12-4-5-13-22(20)26(25(21)23)28(35)24(27)17-8-2-1-3-9-17/h1-3,6-11,14-16,26H,4-5,12-13,31-33H2,(H,34,36). The second-order valence-electron chi connectivity index (χ2n) is 9.86. The third-order valence-corrected chi connectivity index (χ3v) is 7.53. The summed E-state index contributed by atoms with van der Waals surface area (Å²) in [6.07, 6.45) is 4.16. The molecule has 3 aromatic carbocycles. The van der Waals surface area contributed by atoms with E-state index in [1.165, 1.54) is 11.1 Å². The lowest BCUT2D eigenvalue weighted by Gasteiger charge is -2.29. The minimum absolute atomic E-state index is 0.0435. The average molecular weight is 477 g/mol. The predicted octanol–water partition coefficient (Wildman–Crippen LogP) is 3.98. The largest absolute Gasteiger partial charge is 0.321 e. The lowest BCUT2D eigenvalue weighted by molar-refractivity contribution is -0.114. The first-order valence-corrected chi connectivity index (χ1v) is 12.3. The van der Waals surface area contributed by atoms with E-state index in [2.05, 4.69) is 11.4 Å². The predicted molar refractivity (Wildman–Crippen MR) is 141 cm³/mol. The van der Waals surface area contributed by atoms with E-state index in [0.717, 1.165) is 47.9 Å². The minimum Gasteiger partial charge on any atom is -0.321 e. The van der Waals surface area contributed by atoms with Crippen LogP contribution in [-0.2, 0) is 10.6 Å². The Hall–Kier alpha value is -3.84. The molecule has 0 saturated carbocycles. The van der Waals surface area contributed by atoms with Gasteiger partial charge in [-0.3, -0.25) is 26.8 Å². The first-order valence-electron chi connectivity index (χ1n) is 12.3. The second-order valence-corrected chi connectivity index (χ2v) is 9.86. The van der Waals surface area contributed by atoms with Gasteiger partial charge in [-0.1, -0.05) is 66.2 Å². The van der Waals surface area contributed by atoms with Crippen molar-refractivity contribution in [3.05, 3.63) is 112 Å². The van der Waals surface area contributed by atoms with Gasteiger partial charge in [0.2, 0.25) is 0 Å². The Morgan fingerprint density at radius 3 is 2.36 bits per heavy atom. The van der Waals surface area contributed by atoms with Crippen molar-refractivity contribution in [2.75, 3.05) is 0 Å². The normalized spacial score (nSPS) is 18.8. The van der Waals surface area contributed by atoms with Crippen LogP contribution >= 0.6 is 0 Å². The van der Waals surface area contributed by atoms with Crippen molar-refractivity contribution < 1.29 is 9.59 Å². The molecule has 6 heteroatoms. The van der Waals surface area contributed by atoms with Crippen molar-refractivity contribution in [2.24, 2.45) is 17.2 Å². The maximum Gasteiger partial charge on any atom is 0.255 e. The van der Waals surface area contributed by atoms with E-state index in [0.29, 0.717) is 22.4 Å². The highest BCUT2D eigenvalue weighted by atomic mass is 16.2. The van der Waals surface area contributed by atoms with E-state index >= 15 is 0 Å². The summed E-state index contributed by atoms with van der Waals surface area (Å²) in [4.78, 5) is 27.8. The van der Waals surface area contributed by atoms with Crippen LogP contribution in [0, 0.1) is 0 Å². The average Bonchev–Trinajstić information content (AvgIpc) is 3.23. The van der Waals surface area contributed by atoms with Crippen molar-refractivity contribution in [3.63, 3.8) is 0 Å². The fourth-order valence-corrected chi connectivity index (χ4v) is 5.91. The Labute approximate surface area is 209 Å². The summed E-state index contributed by atoms with van der Waals surface area (Å²) in [7, 11) is 0. The van der Waals surface area contributed by atoms with Crippen molar-refractivity contribution >= 4 is 28.5 Å². The van der Waals surface area contributed by atoms with Crippen molar-refractivity contribution in [1.82, 2.24) is 5.32 Å². The van der Waals surface area contributed by atoms with Gasteiger partial charge in [0.25, 0.3) is 5.91 Å². The summed E-state index contributed by atoms with van der Waals surface area (Å²) in [6, 6.07) is 22.4. The molecule has 0 aliphatic heterocycles. The van der Waals surface area contributed by atoms with Crippen LogP contribution in [0.3, 0.4) is 0 Å². The fourth-order valence-electron chi connectivity index (χ4n) is 5.91. The van der Waals surface area contributed by atoms with Gasteiger partial charge in [0.15, 0.2) is 5.78 Å². The first-order chi connectivity index (χ1) is 17.3. The summed E-state index contributed by atoms with van der Waals surface area (Å²) in [5, 5.41) is 3.08. The monoisotopic (exact) mass is 476 g/mol. The van der Waals surface area contributed by atoms with Gasteiger partial charge in [-0.2, -0.15) is 0 Å². The number of ketones is 1. The number of nitrogens with one attached hydrogen (secondary N) is 1. The van der Waals surface area contributed by atoms with E-state index in [-0.39, 0.29) is 17.6 Å². The van der Waals surface area contributed by atoms with Gasteiger partial charge in [-0.15, -0.1) is 0 Å². The zero-order valence-electron chi connectivity index (χ0n) is 19.9. The smallest absolute Gasteiger partial charge is 0.255 e. The number of hydrogen-bond acceptors (Lipinski definition) is 5. The summed E-state index contributed by atoms with van der Waals surface area (Å²) in [5.74, 6) is -2.16. The van der Waals surface area contributed by atoms with Crippen molar-refractivity contribution in [1.29, 1.82) is 0 Å². The number of Topliss-reactive ketones (excluding diaryl/α,β-unsaturated/α-hetero) is 1. The molecule has 0 radical (unpaired) electrons. The topological polar surface area (TPSA) is 124 Å². The number of amides is 1. The quantitative estimate of drug-likeness (QED) is 0.424. The lowest BCUT2D eigenvalue weighted by Crippen LogP contribution is -2.54. The van der Waals surface area contributed by atoms with Gasteiger partial charge in [-0.25, -0.2) is 0 Å². The highest BCUT2D eigenvalue weighted by Crippen LogP contribution is 2.55. The molecule has 0 aromatic heterocycles. The van der Waals surface area contributed by atoms with Crippen LogP contribution in [0.25, 0.3) is 16.8 Å². The molecule has 0 spiro atoms. The molecule has 6 nitrogen and oxygen atoms in total. The molecule has 180 valence electrons. The number of rotatable bonds is 4. The molecule has 0 saturated heterocycles. The molecule has 0 fully saturated rings. The van der Waals surface area contributed by atoms with E-state index in [4.69, 9.17) is 17.2 Å². The fraction of sp³-hybridized carbons (Fsp3) is 0.200. The van der Waals surface area contributed by atoms with E-state index in [9.17, 15) is 9.59 Å². The first kappa shape index (κ1) is 22.6. The highest BCUT2D eigenvalue weighted by Gasteiger charge is 2.44. The number of allylic oxidation sites excluding steroid dienone is 3. The maximum atomic E-state index is 14.2. The van der Waals surface area contributed by atoms with Crippen molar-refractivity contribution in [3.8, 4) is 0 Å². The third kappa shape index (κ3) is 3.54. The number of fused-ring (bicyclic) bond motifs is 2. The molecule has 3 aliphatic carbocycles. The number of benzene rings is 3. The molecule has 1 atom stereocenters. The SMILES string of the molecule is NC(N)(N)c1cccc(C(=O)NC2=C(c3ccccc3)C(=O)C3C4=C(CCCC4)c4cccc2c43)c1. The molecule has 6 rings (SSSR count). The maximum absolute atomic E-state index is 14.2. The van der Waals surface area contributed by atoms with Gasteiger partial charge in [0.1, 0.15) is 5.79 Å².